The minimum absolute atomic E-state index is 0.218. The lowest BCUT2D eigenvalue weighted by molar-refractivity contribution is -0.111. The van der Waals surface area contributed by atoms with Crippen LogP contribution in [0, 0.1) is 0 Å². The van der Waals surface area contributed by atoms with Crippen LogP contribution in [-0.4, -0.2) is 21.1 Å². The van der Waals surface area contributed by atoms with Crippen LogP contribution < -0.4 is 5.32 Å². The van der Waals surface area contributed by atoms with Crippen LogP contribution in [0.2, 0.25) is 10.0 Å². The van der Waals surface area contributed by atoms with E-state index in [1.54, 1.807) is 29.6 Å². The van der Waals surface area contributed by atoms with Gasteiger partial charge in [0.1, 0.15) is 0 Å². The molecule has 1 amide bonds. The van der Waals surface area contributed by atoms with Crippen LogP contribution in [0.3, 0.4) is 0 Å². The number of hydrogen-bond acceptors (Lipinski definition) is 5. The number of anilines is 1. The van der Waals surface area contributed by atoms with Gasteiger partial charge < -0.3 is 10.2 Å². The summed E-state index contributed by atoms with van der Waals surface area (Å²) < 4.78 is 0. The number of aromatic hydroxyl groups is 2. The van der Waals surface area contributed by atoms with Gasteiger partial charge in [-0.2, -0.15) is 0 Å². The highest BCUT2D eigenvalue weighted by molar-refractivity contribution is 7.14. The number of phenols is 2. The van der Waals surface area contributed by atoms with Gasteiger partial charge in [0, 0.05) is 17.0 Å². The zero-order chi connectivity index (χ0) is 18.7. The summed E-state index contributed by atoms with van der Waals surface area (Å²) in [5, 5.41) is 24.5. The molecular formula is C18H12Cl2N2O3S. The van der Waals surface area contributed by atoms with Crippen molar-refractivity contribution in [2.45, 2.75) is 0 Å². The molecule has 132 valence electrons. The normalized spacial score (nSPS) is 11.0. The highest BCUT2D eigenvalue weighted by Gasteiger charge is 2.08. The van der Waals surface area contributed by atoms with E-state index in [2.05, 4.69) is 10.3 Å². The molecule has 0 fully saturated rings. The number of hydrogen-bond donors (Lipinski definition) is 3. The molecule has 0 aliphatic carbocycles. The number of thiazole rings is 1. The maximum Gasteiger partial charge on any atom is 0.250 e. The van der Waals surface area contributed by atoms with Gasteiger partial charge in [0.25, 0.3) is 0 Å². The summed E-state index contributed by atoms with van der Waals surface area (Å²) in [6, 6.07) is 9.47. The number of carbonyl (C=O) groups is 1. The van der Waals surface area contributed by atoms with E-state index in [0.29, 0.717) is 26.4 Å². The molecule has 0 saturated heterocycles. The monoisotopic (exact) mass is 406 g/mol. The molecule has 0 unspecified atom stereocenters. The van der Waals surface area contributed by atoms with E-state index in [-0.39, 0.29) is 17.4 Å². The fraction of sp³-hybridized carbons (Fsp3) is 0. The van der Waals surface area contributed by atoms with Crippen LogP contribution in [0.1, 0.15) is 5.56 Å². The van der Waals surface area contributed by atoms with Crippen LogP contribution >= 0.6 is 34.5 Å². The number of aromatic nitrogens is 1. The van der Waals surface area contributed by atoms with Crippen molar-refractivity contribution in [2.24, 2.45) is 0 Å². The number of amides is 1. The first-order valence-electron chi connectivity index (χ1n) is 7.34. The van der Waals surface area contributed by atoms with Gasteiger partial charge >= 0.3 is 0 Å². The first-order valence-corrected chi connectivity index (χ1v) is 8.98. The van der Waals surface area contributed by atoms with Crippen LogP contribution in [0.15, 0.2) is 47.9 Å². The van der Waals surface area contributed by atoms with Crippen molar-refractivity contribution in [3.63, 3.8) is 0 Å². The summed E-state index contributed by atoms with van der Waals surface area (Å²) in [5.74, 6) is -0.837. The maximum absolute atomic E-state index is 12.0. The Morgan fingerprint density at radius 1 is 1.08 bits per heavy atom. The Morgan fingerprint density at radius 2 is 1.88 bits per heavy atom. The largest absolute Gasteiger partial charge is 0.504 e. The van der Waals surface area contributed by atoms with Gasteiger partial charge in [-0.15, -0.1) is 11.3 Å². The van der Waals surface area contributed by atoms with Crippen LogP contribution in [0.25, 0.3) is 17.3 Å². The summed E-state index contributed by atoms with van der Waals surface area (Å²) in [6.45, 7) is 0. The number of carbonyl (C=O) groups excluding carboxylic acids is 1. The van der Waals surface area contributed by atoms with E-state index >= 15 is 0 Å². The van der Waals surface area contributed by atoms with Crippen molar-refractivity contribution >= 4 is 51.7 Å². The van der Waals surface area contributed by atoms with Crippen LogP contribution in [0.5, 0.6) is 11.5 Å². The first kappa shape index (κ1) is 18.3. The Hall–Kier alpha value is -2.54. The Kier molecular flexibility index (Phi) is 5.46. The average Bonchev–Trinajstić information content (AvgIpc) is 3.07. The number of benzene rings is 2. The molecule has 3 rings (SSSR count). The van der Waals surface area contributed by atoms with Crippen LogP contribution in [-0.2, 0) is 4.79 Å². The number of nitrogens with zero attached hydrogens (tertiary/aromatic N) is 1. The first-order chi connectivity index (χ1) is 12.4. The van der Waals surface area contributed by atoms with E-state index in [1.807, 2.05) is 0 Å². The fourth-order valence-corrected chi connectivity index (χ4v) is 3.10. The summed E-state index contributed by atoms with van der Waals surface area (Å²) in [4.78, 5) is 16.4. The molecule has 0 radical (unpaired) electrons. The quantitative estimate of drug-likeness (QED) is 0.411. The standard InChI is InChI=1S/C18H12Cl2N2O3S/c19-12-4-3-11(8-13(12)20)14-9-26-18(21-14)22-17(25)6-2-10-1-5-15(23)16(24)7-10/h1-9,23-24H,(H,21,22,25). The van der Waals surface area contributed by atoms with Gasteiger partial charge in [-0.05, 0) is 35.9 Å². The third kappa shape index (κ3) is 4.35. The molecule has 0 aliphatic rings. The van der Waals surface area contributed by atoms with Crippen molar-refractivity contribution in [3.8, 4) is 22.8 Å². The molecule has 2 aromatic carbocycles. The third-order valence-corrected chi connectivity index (χ3v) is 4.87. The predicted octanol–water partition coefficient (Wildman–Crippen LogP) is 5.18. The van der Waals surface area contributed by atoms with E-state index in [9.17, 15) is 15.0 Å². The Bertz CT molecular complexity index is 1000. The smallest absolute Gasteiger partial charge is 0.250 e. The molecular weight excluding hydrogens is 395 g/mol. The van der Waals surface area contributed by atoms with Gasteiger partial charge in [-0.25, -0.2) is 4.98 Å². The summed E-state index contributed by atoms with van der Waals surface area (Å²) >= 11 is 13.2. The highest BCUT2D eigenvalue weighted by Crippen LogP contribution is 2.30. The summed E-state index contributed by atoms with van der Waals surface area (Å²) in [7, 11) is 0. The SMILES string of the molecule is O=C(C=Cc1ccc(O)c(O)c1)Nc1nc(-c2ccc(Cl)c(Cl)c2)cs1. The van der Waals surface area contributed by atoms with Gasteiger partial charge in [-0.3, -0.25) is 10.1 Å². The lowest BCUT2D eigenvalue weighted by atomic mass is 10.2. The van der Waals surface area contributed by atoms with E-state index in [4.69, 9.17) is 23.2 Å². The van der Waals surface area contributed by atoms with Crippen LogP contribution in [0.4, 0.5) is 5.13 Å². The molecule has 1 heterocycles. The molecule has 3 aromatic rings. The zero-order valence-electron chi connectivity index (χ0n) is 13.1. The second-order valence-corrected chi connectivity index (χ2v) is 6.91. The molecule has 8 heteroatoms. The minimum atomic E-state index is -0.368. The minimum Gasteiger partial charge on any atom is -0.504 e. The molecule has 0 aliphatic heterocycles. The molecule has 0 saturated carbocycles. The molecule has 0 bridgehead atoms. The summed E-state index contributed by atoms with van der Waals surface area (Å²) in [5.41, 5.74) is 2.05. The molecule has 0 atom stereocenters. The third-order valence-electron chi connectivity index (χ3n) is 3.38. The molecule has 0 spiro atoms. The second kappa shape index (κ2) is 7.78. The number of halogens is 2. The van der Waals surface area contributed by atoms with Crippen molar-refractivity contribution in [1.82, 2.24) is 4.98 Å². The Morgan fingerprint density at radius 3 is 2.62 bits per heavy atom. The van der Waals surface area contributed by atoms with Gasteiger partial charge in [-0.1, -0.05) is 35.3 Å². The van der Waals surface area contributed by atoms with Gasteiger partial charge in [0.05, 0.1) is 15.7 Å². The number of nitrogens with one attached hydrogen (secondary N) is 1. The Labute approximate surface area is 163 Å². The Balaban J connectivity index is 1.68. The molecule has 26 heavy (non-hydrogen) atoms. The zero-order valence-corrected chi connectivity index (χ0v) is 15.4. The lowest BCUT2D eigenvalue weighted by Gasteiger charge is -2.00. The van der Waals surface area contributed by atoms with Gasteiger partial charge in [0.2, 0.25) is 5.91 Å². The second-order valence-electron chi connectivity index (χ2n) is 5.24. The van der Waals surface area contributed by atoms with Crippen molar-refractivity contribution in [1.29, 1.82) is 0 Å². The number of phenolic OH excluding ortho intramolecular Hbond substituents is 2. The molecule has 5 nitrogen and oxygen atoms in total. The topological polar surface area (TPSA) is 82.5 Å². The highest BCUT2D eigenvalue weighted by atomic mass is 35.5. The average molecular weight is 407 g/mol. The number of rotatable bonds is 4. The van der Waals surface area contributed by atoms with Gasteiger partial charge in [0.15, 0.2) is 16.6 Å². The maximum atomic E-state index is 12.0. The van der Waals surface area contributed by atoms with Crippen molar-refractivity contribution in [2.75, 3.05) is 5.32 Å². The fourth-order valence-electron chi connectivity index (χ4n) is 2.08. The summed E-state index contributed by atoms with van der Waals surface area (Å²) in [6.07, 6.45) is 2.83. The lowest BCUT2D eigenvalue weighted by Crippen LogP contribution is -2.07. The predicted molar refractivity (Wildman–Crippen MR) is 105 cm³/mol. The van der Waals surface area contributed by atoms with E-state index in [0.717, 1.165) is 5.56 Å². The van der Waals surface area contributed by atoms with E-state index in [1.165, 1.54) is 35.6 Å². The molecule has 1 aromatic heterocycles. The van der Waals surface area contributed by atoms with Crippen molar-refractivity contribution < 1.29 is 15.0 Å². The van der Waals surface area contributed by atoms with Crippen molar-refractivity contribution in [3.05, 3.63) is 63.5 Å². The molecule has 3 N–H and O–H groups in total. The van der Waals surface area contributed by atoms with E-state index < -0.39 is 0 Å².